The molecular formula is C13H16F2O3. The van der Waals surface area contributed by atoms with Crippen molar-refractivity contribution in [3.63, 3.8) is 0 Å². The minimum absolute atomic E-state index is 0.105. The number of aliphatic hydroxyl groups is 1. The molecule has 0 aromatic heterocycles. The Morgan fingerprint density at radius 1 is 1.17 bits per heavy atom. The monoisotopic (exact) mass is 258 g/mol. The summed E-state index contributed by atoms with van der Waals surface area (Å²) in [4.78, 5) is 0. The topological polar surface area (TPSA) is 38.7 Å². The summed E-state index contributed by atoms with van der Waals surface area (Å²) in [6.45, 7) is -1.50. The standard InChI is InChI=1S/C13H16F2O3/c14-13(15)18-11-3-1-9(2-4-11)12(16)10-5-7-17-8-6-10/h1-4,10,12-13,16H,5-8H2. The Kier molecular flexibility index (Phi) is 4.49. The molecule has 1 atom stereocenters. The summed E-state index contributed by atoms with van der Waals surface area (Å²) in [5.74, 6) is 0.272. The van der Waals surface area contributed by atoms with E-state index in [1.807, 2.05) is 0 Å². The Hall–Kier alpha value is -1.20. The maximum absolute atomic E-state index is 12.0. The van der Waals surface area contributed by atoms with Gasteiger partial charge in [0.05, 0.1) is 6.10 Å². The zero-order valence-electron chi connectivity index (χ0n) is 9.89. The van der Waals surface area contributed by atoms with E-state index in [9.17, 15) is 13.9 Å². The molecule has 0 spiro atoms. The fourth-order valence-electron chi connectivity index (χ4n) is 2.15. The fourth-order valence-corrected chi connectivity index (χ4v) is 2.15. The lowest BCUT2D eigenvalue weighted by Gasteiger charge is -2.27. The number of alkyl halides is 2. The molecule has 0 radical (unpaired) electrons. The highest BCUT2D eigenvalue weighted by molar-refractivity contribution is 5.28. The van der Waals surface area contributed by atoms with Crippen LogP contribution in [0.5, 0.6) is 5.75 Å². The van der Waals surface area contributed by atoms with E-state index in [0.29, 0.717) is 13.2 Å². The summed E-state index contributed by atoms with van der Waals surface area (Å²) in [5.41, 5.74) is 0.725. The van der Waals surface area contributed by atoms with Gasteiger partial charge in [-0.2, -0.15) is 8.78 Å². The van der Waals surface area contributed by atoms with Gasteiger partial charge in [0.25, 0.3) is 0 Å². The molecule has 2 rings (SSSR count). The number of benzene rings is 1. The molecule has 0 amide bonds. The van der Waals surface area contributed by atoms with Crippen LogP contribution in [0.4, 0.5) is 8.78 Å². The third-order valence-corrected chi connectivity index (χ3v) is 3.16. The highest BCUT2D eigenvalue weighted by atomic mass is 19.3. The smallest absolute Gasteiger partial charge is 0.387 e. The normalized spacial score (nSPS) is 18.9. The lowest BCUT2D eigenvalue weighted by atomic mass is 9.89. The Balaban J connectivity index is 1.99. The first-order valence-electron chi connectivity index (χ1n) is 5.97. The molecule has 1 heterocycles. The summed E-state index contributed by atoms with van der Waals surface area (Å²) in [5, 5.41) is 10.2. The third kappa shape index (κ3) is 3.40. The molecule has 0 bridgehead atoms. The molecule has 3 nitrogen and oxygen atoms in total. The van der Waals surface area contributed by atoms with Crippen LogP contribution >= 0.6 is 0 Å². The number of hydrogen-bond acceptors (Lipinski definition) is 3. The van der Waals surface area contributed by atoms with E-state index < -0.39 is 12.7 Å². The molecule has 1 fully saturated rings. The molecule has 0 aliphatic carbocycles. The maximum atomic E-state index is 12.0. The molecule has 1 saturated heterocycles. The van der Waals surface area contributed by atoms with Crippen molar-refractivity contribution in [2.45, 2.75) is 25.6 Å². The van der Waals surface area contributed by atoms with Crippen LogP contribution in [-0.4, -0.2) is 24.9 Å². The van der Waals surface area contributed by atoms with Crippen molar-refractivity contribution in [1.82, 2.24) is 0 Å². The summed E-state index contributed by atoms with van der Waals surface area (Å²) in [6.07, 6.45) is 1.06. The van der Waals surface area contributed by atoms with Crippen LogP contribution in [0.1, 0.15) is 24.5 Å². The van der Waals surface area contributed by atoms with Gasteiger partial charge < -0.3 is 14.6 Å². The van der Waals surface area contributed by atoms with E-state index in [4.69, 9.17) is 4.74 Å². The van der Waals surface area contributed by atoms with Crippen LogP contribution in [0.2, 0.25) is 0 Å². The fraction of sp³-hybridized carbons (Fsp3) is 0.538. The van der Waals surface area contributed by atoms with E-state index in [2.05, 4.69) is 4.74 Å². The highest BCUT2D eigenvalue weighted by Crippen LogP contribution is 2.30. The van der Waals surface area contributed by atoms with Crippen molar-refractivity contribution < 1.29 is 23.4 Å². The molecule has 1 aromatic carbocycles. The molecule has 18 heavy (non-hydrogen) atoms. The van der Waals surface area contributed by atoms with Crippen LogP contribution < -0.4 is 4.74 Å². The Labute approximate surface area is 104 Å². The minimum Gasteiger partial charge on any atom is -0.435 e. The molecular weight excluding hydrogens is 242 g/mol. The predicted molar refractivity (Wildman–Crippen MR) is 61.6 cm³/mol. The van der Waals surface area contributed by atoms with Crippen LogP contribution in [0.15, 0.2) is 24.3 Å². The first kappa shape index (κ1) is 13.2. The van der Waals surface area contributed by atoms with Gasteiger partial charge in [-0.1, -0.05) is 12.1 Å². The third-order valence-electron chi connectivity index (χ3n) is 3.16. The van der Waals surface area contributed by atoms with Gasteiger partial charge >= 0.3 is 6.61 Å². The van der Waals surface area contributed by atoms with Crippen LogP contribution in [0, 0.1) is 5.92 Å². The van der Waals surface area contributed by atoms with Gasteiger partial charge in [0.2, 0.25) is 0 Å². The number of hydrogen-bond donors (Lipinski definition) is 1. The van der Waals surface area contributed by atoms with Gasteiger partial charge in [-0.05, 0) is 36.5 Å². The number of rotatable bonds is 4. The van der Waals surface area contributed by atoms with Crippen molar-refractivity contribution in [2.24, 2.45) is 5.92 Å². The van der Waals surface area contributed by atoms with Gasteiger partial charge in [-0.3, -0.25) is 0 Å². The molecule has 5 heteroatoms. The van der Waals surface area contributed by atoms with Crippen LogP contribution in [0.3, 0.4) is 0 Å². The zero-order valence-corrected chi connectivity index (χ0v) is 9.89. The Morgan fingerprint density at radius 2 is 1.78 bits per heavy atom. The molecule has 0 saturated carbocycles. The zero-order chi connectivity index (χ0) is 13.0. The Morgan fingerprint density at radius 3 is 2.33 bits per heavy atom. The Bertz CT molecular complexity index is 361. The van der Waals surface area contributed by atoms with Gasteiger partial charge in [0.15, 0.2) is 0 Å². The van der Waals surface area contributed by atoms with Crippen molar-refractivity contribution in [1.29, 1.82) is 0 Å². The SMILES string of the molecule is OC(c1ccc(OC(F)F)cc1)C1CCOCC1. The van der Waals surface area contributed by atoms with E-state index >= 15 is 0 Å². The lowest BCUT2D eigenvalue weighted by molar-refractivity contribution is -0.0499. The van der Waals surface area contributed by atoms with E-state index in [1.54, 1.807) is 12.1 Å². The second-order valence-corrected chi connectivity index (χ2v) is 4.34. The molecule has 1 aliphatic rings. The van der Waals surface area contributed by atoms with Crippen molar-refractivity contribution in [3.8, 4) is 5.75 Å². The van der Waals surface area contributed by atoms with Crippen molar-refractivity contribution in [3.05, 3.63) is 29.8 Å². The average molecular weight is 258 g/mol. The van der Waals surface area contributed by atoms with Crippen molar-refractivity contribution >= 4 is 0 Å². The highest BCUT2D eigenvalue weighted by Gasteiger charge is 2.23. The van der Waals surface area contributed by atoms with Gasteiger partial charge in [0, 0.05) is 13.2 Å². The van der Waals surface area contributed by atoms with Gasteiger partial charge in [-0.25, -0.2) is 0 Å². The number of halogens is 2. The van der Waals surface area contributed by atoms with Crippen LogP contribution in [-0.2, 0) is 4.74 Å². The van der Waals surface area contributed by atoms with Gasteiger partial charge in [-0.15, -0.1) is 0 Å². The summed E-state index contributed by atoms with van der Waals surface area (Å²) < 4.78 is 33.5. The summed E-state index contributed by atoms with van der Waals surface area (Å²) >= 11 is 0. The maximum Gasteiger partial charge on any atom is 0.387 e. The first-order chi connectivity index (χ1) is 8.66. The van der Waals surface area contributed by atoms with E-state index in [-0.39, 0.29) is 11.7 Å². The van der Waals surface area contributed by atoms with Gasteiger partial charge in [0.1, 0.15) is 5.75 Å². The summed E-state index contributed by atoms with van der Waals surface area (Å²) in [7, 11) is 0. The lowest BCUT2D eigenvalue weighted by Crippen LogP contribution is -2.21. The van der Waals surface area contributed by atoms with Crippen molar-refractivity contribution in [2.75, 3.05) is 13.2 Å². The van der Waals surface area contributed by atoms with Crippen LogP contribution in [0.25, 0.3) is 0 Å². The van der Waals surface area contributed by atoms with E-state index in [1.165, 1.54) is 12.1 Å². The largest absolute Gasteiger partial charge is 0.435 e. The number of aliphatic hydroxyl groups excluding tert-OH is 1. The quantitative estimate of drug-likeness (QED) is 0.902. The second kappa shape index (κ2) is 6.11. The summed E-state index contributed by atoms with van der Waals surface area (Å²) in [6, 6.07) is 6.14. The molecule has 100 valence electrons. The minimum atomic E-state index is -2.82. The molecule has 1 N–H and O–H groups in total. The predicted octanol–water partition coefficient (Wildman–Crippen LogP) is 2.75. The van der Waals surface area contributed by atoms with E-state index in [0.717, 1.165) is 18.4 Å². The molecule has 1 aromatic rings. The second-order valence-electron chi connectivity index (χ2n) is 4.34. The average Bonchev–Trinajstić information content (AvgIpc) is 2.39. The number of ether oxygens (including phenoxy) is 2. The molecule has 1 aliphatic heterocycles. The first-order valence-corrected chi connectivity index (χ1v) is 5.97. The molecule has 1 unspecified atom stereocenters.